The third kappa shape index (κ3) is 2.27. The number of carboxylic acids is 1. The van der Waals surface area contributed by atoms with E-state index in [1.54, 1.807) is 41.8 Å². The summed E-state index contributed by atoms with van der Waals surface area (Å²) in [5, 5.41) is 9.68. The third-order valence-corrected chi connectivity index (χ3v) is 2.87. The Morgan fingerprint density at radius 2 is 2.20 bits per heavy atom. The summed E-state index contributed by atoms with van der Waals surface area (Å²) in [6.45, 7) is 3.20. The Hall–Kier alpha value is -2.63. The topological polar surface area (TPSA) is 76.1 Å². The Balaban J connectivity index is 3.05. The molecule has 0 spiro atoms. The van der Waals surface area contributed by atoms with Crippen LogP contribution in [0.3, 0.4) is 0 Å². The van der Waals surface area contributed by atoms with E-state index in [0.29, 0.717) is 16.4 Å². The summed E-state index contributed by atoms with van der Waals surface area (Å²) in [6, 6.07) is 3.40. The molecule has 2 heterocycles. The van der Waals surface area contributed by atoms with Crippen LogP contribution in [0.2, 0.25) is 0 Å². The number of hydrogen-bond donors (Lipinski definition) is 1. The maximum Gasteiger partial charge on any atom is 0.323 e. The lowest BCUT2D eigenvalue weighted by molar-refractivity contribution is -0.137. The normalized spacial score (nSPS) is 13.7. The van der Waals surface area contributed by atoms with Crippen molar-refractivity contribution in [1.29, 1.82) is 0 Å². The molecule has 6 heteroatoms. The standard InChI is InChI=1S/C14H15N3O3/c1-3-7-15-13-10(4-2)16-8-5-6-11(16)14(20)17(13)9-12(18)19/h3-8H,9H2,1-2H3,(H,18,19)/b7-3-,10-4+,15-13+. The zero-order chi connectivity index (χ0) is 14.7. The molecule has 104 valence electrons. The maximum atomic E-state index is 12.4. The molecule has 0 fully saturated rings. The van der Waals surface area contributed by atoms with Crippen LogP contribution in [0.5, 0.6) is 0 Å². The van der Waals surface area contributed by atoms with Gasteiger partial charge in [0.25, 0.3) is 5.56 Å². The van der Waals surface area contributed by atoms with Crippen molar-refractivity contribution in [3.63, 3.8) is 0 Å². The minimum absolute atomic E-state index is 0.335. The summed E-state index contributed by atoms with van der Waals surface area (Å²) in [7, 11) is 0. The van der Waals surface area contributed by atoms with Gasteiger partial charge in [0.1, 0.15) is 12.1 Å². The molecular weight excluding hydrogens is 258 g/mol. The molecule has 0 unspecified atom stereocenters. The van der Waals surface area contributed by atoms with E-state index < -0.39 is 12.5 Å². The van der Waals surface area contributed by atoms with E-state index in [1.165, 1.54) is 10.8 Å². The van der Waals surface area contributed by atoms with Crippen LogP contribution in [0.25, 0.3) is 11.6 Å². The van der Waals surface area contributed by atoms with Crippen molar-refractivity contribution >= 4 is 17.6 Å². The number of aliphatic carboxylic acids is 1. The van der Waals surface area contributed by atoms with Gasteiger partial charge in [-0.25, -0.2) is 4.99 Å². The first-order valence-electron chi connectivity index (χ1n) is 6.17. The number of aromatic nitrogens is 2. The van der Waals surface area contributed by atoms with E-state index in [9.17, 15) is 9.59 Å². The molecular formula is C14H15N3O3. The predicted octanol–water partition coefficient (Wildman–Crippen LogP) is 0.139. The van der Waals surface area contributed by atoms with Crippen molar-refractivity contribution in [3.05, 3.63) is 51.8 Å². The number of rotatable bonds is 3. The molecule has 6 nitrogen and oxygen atoms in total. The molecule has 2 rings (SSSR count). The van der Waals surface area contributed by atoms with Crippen molar-refractivity contribution in [2.45, 2.75) is 20.4 Å². The maximum absolute atomic E-state index is 12.4. The lowest BCUT2D eigenvalue weighted by atomic mass is 10.4. The van der Waals surface area contributed by atoms with Gasteiger partial charge in [0, 0.05) is 12.4 Å². The van der Waals surface area contributed by atoms with Crippen LogP contribution >= 0.6 is 0 Å². The molecule has 20 heavy (non-hydrogen) atoms. The van der Waals surface area contributed by atoms with Crippen molar-refractivity contribution < 1.29 is 9.90 Å². The summed E-state index contributed by atoms with van der Waals surface area (Å²) in [6.07, 6.45) is 6.81. The third-order valence-electron chi connectivity index (χ3n) is 2.87. The average molecular weight is 273 g/mol. The molecule has 0 aliphatic rings. The minimum atomic E-state index is -1.08. The fourth-order valence-electron chi connectivity index (χ4n) is 2.08. The van der Waals surface area contributed by atoms with Gasteiger partial charge >= 0.3 is 5.97 Å². The van der Waals surface area contributed by atoms with Gasteiger partial charge in [0.2, 0.25) is 0 Å². The summed E-state index contributed by atoms with van der Waals surface area (Å²) in [5.41, 5.74) is 0.395. The van der Waals surface area contributed by atoms with Crippen molar-refractivity contribution in [3.8, 4) is 0 Å². The second-order valence-corrected chi connectivity index (χ2v) is 4.16. The molecule has 0 saturated heterocycles. The molecule has 0 aliphatic heterocycles. The van der Waals surface area contributed by atoms with E-state index >= 15 is 0 Å². The predicted molar refractivity (Wildman–Crippen MR) is 75.0 cm³/mol. The van der Waals surface area contributed by atoms with Crippen LogP contribution in [0.1, 0.15) is 13.8 Å². The molecule has 0 amide bonds. The zero-order valence-electron chi connectivity index (χ0n) is 11.3. The van der Waals surface area contributed by atoms with Crippen molar-refractivity contribution in [1.82, 2.24) is 8.97 Å². The van der Waals surface area contributed by atoms with E-state index in [0.717, 1.165) is 0 Å². The van der Waals surface area contributed by atoms with E-state index in [-0.39, 0.29) is 5.56 Å². The fraction of sp³-hybridized carbons (Fsp3) is 0.214. The van der Waals surface area contributed by atoms with Gasteiger partial charge in [-0.2, -0.15) is 0 Å². The molecule has 0 saturated carbocycles. The van der Waals surface area contributed by atoms with Gasteiger partial charge in [-0.15, -0.1) is 0 Å². The van der Waals surface area contributed by atoms with E-state index in [4.69, 9.17) is 5.11 Å². The van der Waals surface area contributed by atoms with Crippen LogP contribution in [-0.4, -0.2) is 20.0 Å². The first kappa shape index (κ1) is 13.8. The van der Waals surface area contributed by atoms with E-state index in [1.807, 2.05) is 6.92 Å². The van der Waals surface area contributed by atoms with Gasteiger partial charge < -0.3 is 9.51 Å². The van der Waals surface area contributed by atoms with Gasteiger partial charge in [0.15, 0.2) is 5.49 Å². The van der Waals surface area contributed by atoms with Crippen molar-refractivity contribution in [2.24, 2.45) is 4.99 Å². The number of fused-ring (bicyclic) bond motifs is 1. The number of allylic oxidation sites excluding steroid dienone is 1. The molecule has 1 N–H and O–H groups in total. The highest BCUT2D eigenvalue weighted by Crippen LogP contribution is 1.92. The Labute approximate surface area is 114 Å². The number of carboxylic acid groups (broad SMARTS) is 1. The summed E-state index contributed by atoms with van der Waals surface area (Å²) in [5.74, 6) is -1.08. The molecule has 0 radical (unpaired) electrons. The summed E-state index contributed by atoms with van der Waals surface area (Å²) in [4.78, 5) is 27.5. The largest absolute Gasteiger partial charge is 0.480 e. The van der Waals surface area contributed by atoms with Gasteiger partial charge in [-0.05, 0) is 26.0 Å². The Morgan fingerprint density at radius 1 is 1.45 bits per heavy atom. The second-order valence-electron chi connectivity index (χ2n) is 4.16. The van der Waals surface area contributed by atoms with E-state index in [2.05, 4.69) is 4.99 Å². The Morgan fingerprint density at radius 3 is 2.80 bits per heavy atom. The van der Waals surface area contributed by atoms with Gasteiger partial charge in [-0.1, -0.05) is 12.2 Å². The fourth-order valence-corrected chi connectivity index (χ4v) is 2.08. The van der Waals surface area contributed by atoms with Crippen LogP contribution < -0.4 is 16.4 Å². The van der Waals surface area contributed by atoms with Gasteiger partial charge in [0.05, 0.1) is 5.35 Å². The summed E-state index contributed by atoms with van der Waals surface area (Å²) >= 11 is 0. The monoisotopic (exact) mass is 273 g/mol. The lowest BCUT2D eigenvalue weighted by Gasteiger charge is -2.06. The van der Waals surface area contributed by atoms with Crippen LogP contribution in [0, 0.1) is 0 Å². The average Bonchev–Trinajstić information content (AvgIpc) is 2.89. The van der Waals surface area contributed by atoms with Crippen LogP contribution in [0.15, 0.2) is 40.4 Å². The molecule has 0 aromatic carbocycles. The zero-order valence-corrected chi connectivity index (χ0v) is 11.3. The molecule has 0 aliphatic carbocycles. The molecule has 0 bridgehead atoms. The molecule has 2 aromatic rings. The smallest absolute Gasteiger partial charge is 0.323 e. The minimum Gasteiger partial charge on any atom is -0.480 e. The number of carbonyl (C=O) groups is 1. The Kier molecular flexibility index (Phi) is 3.84. The first-order valence-corrected chi connectivity index (χ1v) is 6.17. The SMILES string of the molecule is C\C=C/N=c1\c(=C/C)n2cccc2c(=O)n1CC(=O)O. The Bertz CT molecular complexity index is 856. The number of hydrogen-bond acceptors (Lipinski definition) is 3. The molecule has 2 aromatic heterocycles. The number of nitrogens with zero attached hydrogens (tertiary/aromatic N) is 3. The summed E-state index contributed by atoms with van der Waals surface area (Å²) < 4.78 is 2.88. The van der Waals surface area contributed by atoms with Crippen molar-refractivity contribution in [2.75, 3.05) is 0 Å². The quantitative estimate of drug-likeness (QED) is 0.864. The second kappa shape index (κ2) is 5.56. The van der Waals surface area contributed by atoms with Crippen LogP contribution in [0.4, 0.5) is 0 Å². The highest BCUT2D eigenvalue weighted by Gasteiger charge is 2.10. The first-order chi connectivity index (χ1) is 9.60. The molecule has 0 atom stereocenters. The lowest BCUT2D eigenvalue weighted by Crippen LogP contribution is -2.48. The van der Waals surface area contributed by atoms with Gasteiger partial charge in [-0.3, -0.25) is 14.2 Å². The highest BCUT2D eigenvalue weighted by molar-refractivity contribution is 5.66. The highest BCUT2D eigenvalue weighted by atomic mass is 16.4. The van der Waals surface area contributed by atoms with Crippen LogP contribution in [-0.2, 0) is 11.3 Å².